The van der Waals surface area contributed by atoms with Crippen LogP contribution in [0.2, 0.25) is 0 Å². The van der Waals surface area contributed by atoms with Crippen LogP contribution < -0.4 is 34.8 Å². The van der Waals surface area contributed by atoms with Gasteiger partial charge in [0.1, 0.15) is 5.25 Å². The standard InChI is InChI=1S/C18H34O7S.Na/c1-3-5-7-9-10-12-13-22-17(19)15-16(26-25-24-21)18(20)23-14-11-8-6-4-2;/h16,21H,3-15H2,1-2H3;/q;+1/p-1. The molecule has 0 aromatic rings. The molecule has 0 aromatic carbocycles. The number of hydrogen-bond acceptors (Lipinski definition) is 8. The Morgan fingerprint density at radius 2 is 1.37 bits per heavy atom. The van der Waals surface area contributed by atoms with E-state index in [4.69, 9.17) is 9.47 Å². The van der Waals surface area contributed by atoms with Gasteiger partial charge in [0, 0.05) is 12.0 Å². The Morgan fingerprint density at radius 1 is 0.852 bits per heavy atom. The van der Waals surface area contributed by atoms with Gasteiger partial charge in [-0.25, -0.2) is 0 Å². The maximum absolute atomic E-state index is 12.0. The SMILES string of the molecule is CCCCCCCCOC(=O)CC(SOO[O-])C(=O)OCCCCCC.[Na+]. The summed E-state index contributed by atoms with van der Waals surface area (Å²) in [7, 11) is 0. The molecule has 9 heteroatoms. The molecule has 0 saturated heterocycles. The van der Waals surface area contributed by atoms with Crippen molar-refractivity contribution in [1.29, 1.82) is 0 Å². The Morgan fingerprint density at radius 3 is 1.96 bits per heavy atom. The van der Waals surface area contributed by atoms with E-state index < -0.39 is 17.2 Å². The van der Waals surface area contributed by atoms with E-state index in [1.54, 1.807) is 0 Å². The van der Waals surface area contributed by atoms with Crippen molar-refractivity contribution < 1.29 is 63.2 Å². The number of carbonyl (C=O) groups excluding carboxylic acids is 2. The van der Waals surface area contributed by atoms with Gasteiger partial charge in [-0.1, -0.05) is 65.2 Å². The van der Waals surface area contributed by atoms with Gasteiger partial charge in [0.15, 0.2) is 0 Å². The zero-order chi connectivity index (χ0) is 19.5. The molecule has 0 fully saturated rings. The third-order valence-corrected chi connectivity index (χ3v) is 4.53. The molecule has 0 rings (SSSR count). The molecule has 0 bridgehead atoms. The Balaban J connectivity index is 0. The smallest absolute Gasteiger partial charge is 0.691 e. The van der Waals surface area contributed by atoms with Crippen LogP contribution in [0, 0.1) is 0 Å². The van der Waals surface area contributed by atoms with Crippen LogP contribution in [0.5, 0.6) is 0 Å². The van der Waals surface area contributed by atoms with E-state index in [1.807, 2.05) is 0 Å². The van der Waals surface area contributed by atoms with Crippen LogP contribution in [-0.4, -0.2) is 30.4 Å². The summed E-state index contributed by atoms with van der Waals surface area (Å²) in [5, 5.41) is 12.3. The van der Waals surface area contributed by atoms with Gasteiger partial charge in [-0.3, -0.25) is 14.6 Å². The van der Waals surface area contributed by atoms with Crippen molar-refractivity contribution in [1.82, 2.24) is 0 Å². The molecule has 0 heterocycles. The first-order chi connectivity index (χ1) is 12.7. The molecular weight excluding hydrogens is 383 g/mol. The first kappa shape index (κ1) is 29.4. The minimum absolute atomic E-state index is 0. The molecule has 0 saturated carbocycles. The Hall–Kier alpha value is 0.170. The quantitative estimate of drug-likeness (QED) is 0.0803. The molecular formula is C18H33NaO7S. The molecule has 0 aliphatic carbocycles. The summed E-state index contributed by atoms with van der Waals surface area (Å²) < 4.78 is 14.5. The molecule has 0 N–H and O–H groups in total. The first-order valence-corrected chi connectivity index (χ1v) is 10.4. The first-order valence-electron chi connectivity index (χ1n) is 9.59. The van der Waals surface area contributed by atoms with Crippen molar-refractivity contribution in [3.8, 4) is 0 Å². The van der Waals surface area contributed by atoms with E-state index in [0.717, 1.165) is 44.9 Å². The second-order valence-electron chi connectivity index (χ2n) is 6.14. The van der Waals surface area contributed by atoms with Gasteiger partial charge in [-0.15, -0.1) is 0 Å². The van der Waals surface area contributed by atoms with E-state index >= 15 is 0 Å². The van der Waals surface area contributed by atoms with Gasteiger partial charge in [0.25, 0.3) is 0 Å². The summed E-state index contributed by atoms with van der Waals surface area (Å²) in [5.41, 5.74) is 0. The summed E-state index contributed by atoms with van der Waals surface area (Å²) in [5.74, 6) is -1.13. The topological polar surface area (TPSA) is 94.1 Å². The molecule has 0 aromatic heterocycles. The third-order valence-electron chi connectivity index (χ3n) is 3.80. The Labute approximate surface area is 189 Å². The van der Waals surface area contributed by atoms with Crippen LogP contribution in [0.25, 0.3) is 0 Å². The van der Waals surface area contributed by atoms with E-state index in [1.165, 1.54) is 19.3 Å². The van der Waals surface area contributed by atoms with Gasteiger partial charge in [-0.2, -0.15) is 4.33 Å². The minimum Gasteiger partial charge on any atom is -0.691 e. The number of esters is 2. The average Bonchev–Trinajstić information content (AvgIpc) is 2.64. The van der Waals surface area contributed by atoms with Gasteiger partial charge in [0.2, 0.25) is 0 Å². The largest absolute Gasteiger partial charge is 1.00 e. The number of unbranched alkanes of at least 4 members (excludes halogenated alkanes) is 8. The fourth-order valence-electron chi connectivity index (χ4n) is 2.29. The van der Waals surface area contributed by atoms with Crippen molar-refractivity contribution in [3.63, 3.8) is 0 Å². The van der Waals surface area contributed by atoms with E-state index in [0.29, 0.717) is 18.6 Å². The summed E-state index contributed by atoms with van der Waals surface area (Å²) >= 11 is 0.469. The van der Waals surface area contributed by atoms with Gasteiger partial charge >= 0.3 is 41.5 Å². The fraction of sp³-hybridized carbons (Fsp3) is 0.889. The van der Waals surface area contributed by atoms with Crippen molar-refractivity contribution >= 4 is 24.0 Å². The maximum Gasteiger partial charge on any atom is 1.00 e. The predicted molar refractivity (Wildman–Crippen MR) is 97.6 cm³/mol. The third kappa shape index (κ3) is 19.3. The molecule has 0 amide bonds. The maximum atomic E-state index is 12.0. The molecule has 0 radical (unpaired) electrons. The summed E-state index contributed by atoms with van der Waals surface area (Å²) in [6, 6.07) is 0. The molecule has 1 unspecified atom stereocenters. The Kier molecular flexibility index (Phi) is 24.4. The molecule has 0 spiro atoms. The Bertz CT molecular complexity index is 359. The van der Waals surface area contributed by atoms with Crippen molar-refractivity contribution in [2.45, 2.75) is 89.7 Å². The molecule has 0 aliphatic rings. The van der Waals surface area contributed by atoms with Crippen LogP contribution >= 0.6 is 12.0 Å². The van der Waals surface area contributed by atoms with Crippen LogP contribution in [0.15, 0.2) is 0 Å². The van der Waals surface area contributed by atoms with E-state index in [2.05, 4.69) is 23.2 Å². The molecule has 7 nitrogen and oxygen atoms in total. The van der Waals surface area contributed by atoms with Gasteiger partial charge in [-0.05, 0) is 12.8 Å². The van der Waals surface area contributed by atoms with E-state index in [9.17, 15) is 14.8 Å². The molecule has 0 aliphatic heterocycles. The average molecular weight is 417 g/mol. The van der Waals surface area contributed by atoms with Crippen LogP contribution in [0.1, 0.15) is 84.5 Å². The molecule has 1 atom stereocenters. The summed E-state index contributed by atoms with van der Waals surface area (Å²) in [4.78, 5) is 23.9. The number of ether oxygens (including phenoxy) is 2. The van der Waals surface area contributed by atoms with Crippen molar-refractivity contribution in [2.24, 2.45) is 0 Å². The summed E-state index contributed by atoms with van der Waals surface area (Å²) in [6.07, 6.45) is 10.2. The monoisotopic (exact) mass is 416 g/mol. The molecule has 27 heavy (non-hydrogen) atoms. The summed E-state index contributed by atoms with van der Waals surface area (Å²) in [6.45, 7) is 4.86. The van der Waals surface area contributed by atoms with E-state index in [-0.39, 0.29) is 42.6 Å². The number of rotatable bonds is 18. The second-order valence-corrected chi connectivity index (χ2v) is 7.04. The number of hydrogen-bond donors (Lipinski definition) is 0. The van der Waals surface area contributed by atoms with Crippen LogP contribution in [0.4, 0.5) is 0 Å². The normalized spacial score (nSPS) is 11.5. The predicted octanol–water partition coefficient (Wildman–Crippen LogP) is 0.648. The minimum atomic E-state index is -0.979. The second kappa shape index (κ2) is 22.5. The van der Waals surface area contributed by atoms with Gasteiger partial charge in [0.05, 0.1) is 19.6 Å². The van der Waals surface area contributed by atoms with Crippen LogP contribution in [0.3, 0.4) is 0 Å². The zero-order valence-electron chi connectivity index (χ0n) is 17.0. The number of carbonyl (C=O) groups is 2. The van der Waals surface area contributed by atoms with Crippen molar-refractivity contribution in [3.05, 3.63) is 0 Å². The van der Waals surface area contributed by atoms with Crippen molar-refractivity contribution in [2.75, 3.05) is 13.2 Å². The van der Waals surface area contributed by atoms with Gasteiger partial charge < -0.3 is 14.7 Å². The fourth-order valence-corrected chi connectivity index (χ4v) is 2.77. The zero-order valence-corrected chi connectivity index (χ0v) is 19.9. The molecule has 154 valence electrons. The van der Waals surface area contributed by atoms with Crippen LogP contribution in [-0.2, 0) is 28.4 Å².